The van der Waals surface area contributed by atoms with Crippen LogP contribution >= 0.6 is 0 Å². The number of aliphatic carboxylic acids is 1. The van der Waals surface area contributed by atoms with Gasteiger partial charge >= 0.3 is 5.97 Å². The van der Waals surface area contributed by atoms with Crippen LogP contribution in [0.25, 0.3) is 0 Å². The monoisotopic (exact) mass is 670 g/mol. The van der Waals surface area contributed by atoms with Crippen molar-refractivity contribution < 1.29 is 53.6 Å². The van der Waals surface area contributed by atoms with Crippen LogP contribution < -0.4 is 0 Å². The third kappa shape index (κ3) is 6.67. The maximum Gasteiger partial charge on any atom is 0.308 e. The van der Waals surface area contributed by atoms with Gasteiger partial charge in [0.2, 0.25) is 0 Å². The molecule has 1 spiro atoms. The lowest BCUT2D eigenvalue weighted by Crippen LogP contribution is -2.57. The van der Waals surface area contributed by atoms with Crippen LogP contribution in [0.5, 0.6) is 0 Å². The van der Waals surface area contributed by atoms with E-state index in [4.69, 9.17) is 28.4 Å². The Bertz CT molecular complexity index is 1110. The molecule has 5 aliphatic rings. The fourth-order valence-electron chi connectivity index (χ4n) is 9.91. The van der Waals surface area contributed by atoms with Crippen molar-refractivity contribution in [1.82, 2.24) is 0 Å². The van der Waals surface area contributed by atoms with Gasteiger partial charge in [0.25, 0.3) is 0 Å². The fourth-order valence-corrected chi connectivity index (χ4v) is 9.91. The Morgan fingerprint density at radius 2 is 1.72 bits per heavy atom. The van der Waals surface area contributed by atoms with Gasteiger partial charge < -0.3 is 48.8 Å². The molecule has 5 heterocycles. The summed E-state index contributed by atoms with van der Waals surface area (Å²) in [5.74, 6) is -4.52. The zero-order chi connectivity index (χ0) is 34.7. The van der Waals surface area contributed by atoms with Crippen LogP contribution in [-0.4, -0.2) is 106 Å². The van der Waals surface area contributed by atoms with Crippen LogP contribution in [0, 0.1) is 35.5 Å². The molecule has 0 aromatic carbocycles. The summed E-state index contributed by atoms with van der Waals surface area (Å²) in [4.78, 5) is 11.8. The van der Waals surface area contributed by atoms with Crippen molar-refractivity contribution in [3.63, 3.8) is 0 Å². The number of carbonyl (C=O) groups is 1. The van der Waals surface area contributed by atoms with Crippen LogP contribution in [0.15, 0.2) is 0 Å². The molecule has 0 bridgehead atoms. The first-order chi connectivity index (χ1) is 22.0. The van der Waals surface area contributed by atoms with Crippen molar-refractivity contribution in [2.45, 2.75) is 172 Å². The minimum atomic E-state index is -1.56. The molecule has 11 heteroatoms. The normalized spacial score (nSPS) is 50.9. The van der Waals surface area contributed by atoms with Crippen LogP contribution in [0.3, 0.4) is 0 Å². The van der Waals surface area contributed by atoms with Gasteiger partial charge in [0.15, 0.2) is 11.6 Å². The highest BCUT2D eigenvalue weighted by atomic mass is 16.7. The first-order valence-corrected chi connectivity index (χ1v) is 18.1. The van der Waals surface area contributed by atoms with Crippen LogP contribution in [0.4, 0.5) is 0 Å². The molecule has 0 aromatic rings. The Labute approximate surface area is 281 Å². The summed E-state index contributed by atoms with van der Waals surface area (Å²) in [5, 5.41) is 41.8. The topological polar surface area (TPSA) is 153 Å². The lowest BCUT2D eigenvalue weighted by atomic mass is 9.78. The van der Waals surface area contributed by atoms with Gasteiger partial charge in [-0.25, -0.2) is 0 Å². The quantitative estimate of drug-likeness (QED) is 0.264. The van der Waals surface area contributed by atoms with Crippen LogP contribution in [0.2, 0.25) is 0 Å². The number of carboxylic acids is 1. The number of hydrogen-bond donors (Lipinski definition) is 4. The number of aliphatic hydroxyl groups is 3. The summed E-state index contributed by atoms with van der Waals surface area (Å²) in [6, 6.07) is 0. The summed E-state index contributed by atoms with van der Waals surface area (Å²) in [6.45, 7) is 15.6. The summed E-state index contributed by atoms with van der Waals surface area (Å²) in [5.41, 5.74) is -1.15. The fraction of sp³-hybridized carbons (Fsp3) is 0.972. The molecule has 11 nitrogen and oxygen atoms in total. The van der Waals surface area contributed by atoms with Crippen LogP contribution in [-0.2, 0) is 33.2 Å². The van der Waals surface area contributed by atoms with E-state index < -0.39 is 59.6 Å². The molecule has 5 saturated heterocycles. The largest absolute Gasteiger partial charge is 0.481 e. The maximum atomic E-state index is 11.8. The molecule has 0 radical (unpaired) electrons. The summed E-state index contributed by atoms with van der Waals surface area (Å²) in [6.07, 6.45) is 2.99. The van der Waals surface area contributed by atoms with Gasteiger partial charge in [-0.2, -0.15) is 0 Å². The Kier molecular flexibility index (Phi) is 10.9. The third-order valence-corrected chi connectivity index (χ3v) is 13.0. The molecule has 0 saturated carbocycles. The van der Waals surface area contributed by atoms with Crippen molar-refractivity contribution in [3.8, 4) is 0 Å². The first kappa shape index (κ1) is 37.4. The molecule has 0 aliphatic carbocycles. The Balaban J connectivity index is 1.29. The van der Waals surface area contributed by atoms with E-state index in [1.807, 2.05) is 20.8 Å². The van der Waals surface area contributed by atoms with E-state index in [9.17, 15) is 25.2 Å². The summed E-state index contributed by atoms with van der Waals surface area (Å²) >= 11 is 0. The van der Waals surface area contributed by atoms with Gasteiger partial charge in [-0.3, -0.25) is 4.79 Å². The number of aliphatic hydroxyl groups excluding tert-OH is 2. The molecular formula is C36H62O11. The predicted octanol–water partition coefficient (Wildman–Crippen LogP) is 4.27. The second-order valence-corrected chi connectivity index (χ2v) is 16.3. The third-order valence-electron chi connectivity index (χ3n) is 13.0. The Morgan fingerprint density at radius 3 is 2.34 bits per heavy atom. The van der Waals surface area contributed by atoms with E-state index in [2.05, 4.69) is 27.7 Å². The van der Waals surface area contributed by atoms with E-state index in [1.165, 1.54) is 7.11 Å². The summed E-state index contributed by atoms with van der Waals surface area (Å²) in [7, 11) is 1.52. The van der Waals surface area contributed by atoms with E-state index in [-0.39, 0.29) is 54.0 Å². The number of ether oxygens (including phenoxy) is 6. The lowest BCUT2D eigenvalue weighted by Gasteiger charge is -2.49. The lowest BCUT2D eigenvalue weighted by molar-refractivity contribution is -0.336. The summed E-state index contributed by atoms with van der Waals surface area (Å²) < 4.78 is 39.4. The predicted molar refractivity (Wildman–Crippen MR) is 172 cm³/mol. The van der Waals surface area contributed by atoms with Gasteiger partial charge in [0, 0.05) is 37.7 Å². The Morgan fingerprint density at radius 1 is 1.02 bits per heavy atom. The number of methoxy groups -OCH3 is 1. The molecule has 272 valence electrons. The smallest absolute Gasteiger partial charge is 0.308 e. The maximum absolute atomic E-state index is 11.8. The van der Waals surface area contributed by atoms with E-state index >= 15 is 0 Å². The van der Waals surface area contributed by atoms with Crippen molar-refractivity contribution in [3.05, 3.63) is 0 Å². The van der Waals surface area contributed by atoms with E-state index in [1.54, 1.807) is 6.92 Å². The number of carboxylic acid groups (broad SMARTS) is 1. The van der Waals surface area contributed by atoms with Crippen molar-refractivity contribution in [2.24, 2.45) is 35.5 Å². The highest BCUT2D eigenvalue weighted by molar-refractivity contribution is 5.70. The standard InChI is InChI=1S/C36H62O11/c1-10-34(31-20(3)16-26(43-31)28-19(2)15-21(4)36(41,18-37)46-28)12-11-27(44-34)33(8)13-14-35(47-33)17-25(38)22(5)30(45-35)23(6)29(42-9)24(7)32(39)40/h19-31,37-38,41H,10-18H2,1-9H3,(H,39,40)/t19-,20-,21+,22+,23-,24-,25-,26-,27+,28-,29+,30-,31+,33-,34-,35+,36?/m0/s1. The second-order valence-electron chi connectivity index (χ2n) is 16.3. The molecule has 5 rings (SSSR count). The molecule has 17 atom stereocenters. The molecule has 5 aliphatic heterocycles. The van der Waals surface area contributed by atoms with Crippen molar-refractivity contribution >= 4 is 5.97 Å². The SMILES string of the molecule is CC[C@@]1([C@@H]2O[C@H]([C@H]3OC(O)(CO)[C@H](C)C[C@@H]3C)C[C@@H]2C)CC[C@H]([C@]2(C)CC[C@]3(C[C@H](O)[C@@H](C)[C@@H]([C@@H](C)[C@@H](OC)[C@H](C)C(=O)O)O3)O2)O1. The van der Waals surface area contributed by atoms with E-state index in [0.29, 0.717) is 19.3 Å². The van der Waals surface area contributed by atoms with Gasteiger partial charge in [0.1, 0.15) is 0 Å². The first-order valence-electron chi connectivity index (χ1n) is 18.1. The molecule has 1 unspecified atom stereocenters. The van der Waals surface area contributed by atoms with Gasteiger partial charge in [-0.05, 0) is 64.2 Å². The molecule has 47 heavy (non-hydrogen) atoms. The minimum Gasteiger partial charge on any atom is -0.481 e. The molecule has 0 amide bonds. The minimum absolute atomic E-state index is 0.153. The van der Waals surface area contributed by atoms with Crippen molar-refractivity contribution in [2.75, 3.05) is 13.7 Å². The van der Waals surface area contributed by atoms with Gasteiger partial charge in [-0.15, -0.1) is 0 Å². The highest BCUT2D eigenvalue weighted by Gasteiger charge is 2.62. The molecular weight excluding hydrogens is 608 g/mol. The number of hydrogen-bond acceptors (Lipinski definition) is 10. The Hall–Kier alpha value is -0.890. The number of rotatable bonds is 10. The zero-order valence-corrected chi connectivity index (χ0v) is 30.0. The zero-order valence-electron chi connectivity index (χ0n) is 30.0. The molecule has 4 N–H and O–H groups in total. The molecule has 0 aromatic heterocycles. The van der Waals surface area contributed by atoms with Gasteiger partial charge in [0.05, 0.1) is 66.5 Å². The average Bonchev–Trinajstić information content (AvgIpc) is 3.73. The average molecular weight is 671 g/mol. The van der Waals surface area contributed by atoms with Crippen molar-refractivity contribution in [1.29, 1.82) is 0 Å². The molecule has 5 fully saturated rings. The van der Waals surface area contributed by atoms with Gasteiger partial charge in [-0.1, -0.05) is 41.5 Å². The highest BCUT2D eigenvalue weighted by Crippen LogP contribution is 2.55. The van der Waals surface area contributed by atoms with E-state index in [0.717, 1.165) is 32.1 Å². The van der Waals surface area contributed by atoms with Crippen LogP contribution in [0.1, 0.15) is 107 Å². The second kappa shape index (κ2) is 13.7.